The zero-order valence-corrected chi connectivity index (χ0v) is 11.6. The predicted molar refractivity (Wildman–Crippen MR) is 79.7 cm³/mol. The van der Waals surface area contributed by atoms with Crippen molar-refractivity contribution in [3.63, 3.8) is 0 Å². The molecule has 1 aromatic heterocycles. The summed E-state index contributed by atoms with van der Waals surface area (Å²) in [6.45, 7) is 1.80. The number of rotatable bonds is 5. The van der Waals surface area contributed by atoms with Crippen LogP contribution < -0.4 is 15.8 Å². The van der Waals surface area contributed by atoms with Gasteiger partial charge in [0.1, 0.15) is 0 Å². The van der Waals surface area contributed by atoms with Gasteiger partial charge in [0, 0.05) is 6.07 Å². The number of nitrogens with zero attached hydrogens (tertiary/aromatic N) is 1. The smallest absolute Gasteiger partial charge is 0.215 e. The van der Waals surface area contributed by atoms with Crippen molar-refractivity contribution in [3.05, 3.63) is 48.0 Å². The van der Waals surface area contributed by atoms with Crippen molar-refractivity contribution in [2.45, 2.75) is 12.5 Å². The van der Waals surface area contributed by atoms with Crippen molar-refractivity contribution in [1.82, 2.24) is 4.98 Å². The summed E-state index contributed by atoms with van der Waals surface area (Å²) in [6.07, 6.45) is 0. The number of aliphatic hydroxyl groups excluding tert-OH is 1. The second kappa shape index (κ2) is 5.79. The van der Waals surface area contributed by atoms with E-state index in [4.69, 9.17) is 10.5 Å². The molecule has 1 atom stereocenters. The fraction of sp³-hybridized carbons (Fsp3) is 0.267. The van der Waals surface area contributed by atoms with E-state index < -0.39 is 5.54 Å². The number of nitrogens with two attached hydrogens (primary N) is 1. The molecule has 0 fully saturated rings. The maximum Gasteiger partial charge on any atom is 0.215 e. The zero-order chi connectivity index (χ0) is 14.6. The summed E-state index contributed by atoms with van der Waals surface area (Å²) in [4.78, 5) is 4.28. The van der Waals surface area contributed by atoms with Crippen LogP contribution in [0.3, 0.4) is 0 Å². The summed E-state index contributed by atoms with van der Waals surface area (Å²) in [5.74, 6) is 0.958. The van der Waals surface area contributed by atoms with Gasteiger partial charge in [-0.25, -0.2) is 0 Å². The van der Waals surface area contributed by atoms with Gasteiger partial charge in [-0.15, -0.1) is 0 Å². The van der Waals surface area contributed by atoms with Gasteiger partial charge in [-0.2, -0.15) is 4.98 Å². The van der Waals surface area contributed by atoms with Crippen LogP contribution in [-0.4, -0.2) is 23.8 Å². The highest BCUT2D eigenvalue weighted by molar-refractivity contribution is 5.63. The SMILES string of the molecule is COc1ccc(N)c(NC(C)(CO)c2ccccc2)n1. The summed E-state index contributed by atoms with van der Waals surface area (Å²) >= 11 is 0. The molecule has 2 aromatic rings. The van der Waals surface area contributed by atoms with Crippen molar-refractivity contribution in [3.8, 4) is 5.88 Å². The summed E-state index contributed by atoms with van der Waals surface area (Å²) < 4.78 is 5.09. The highest BCUT2D eigenvalue weighted by atomic mass is 16.5. The zero-order valence-electron chi connectivity index (χ0n) is 11.6. The van der Waals surface area contributed by atoms with E-state index in [1.807, 2.05) is 37.3 Å². The van der Waals surface area contributed by atoms with Gasteiger partial charge in [0.05, 0.1) is 24.9 Å². The summed E-state index contributed by atoms with van der Waals surface area (Å²) in [5.41, 5.74) is 6.70. The highest BCUT2D eigenvalue weighted by Gasteiger charge is 2.26. The van der Waals surface area contributed by atoms with Crippen LogP contribution in [0.4, 0.5) is 11.5 Å². The Bertz CT molecular complexity index is 575. The van der Waals surface area contributed by atoms with Crippen molar-refractivity contribution in [1.29, 1.82) is 0 Å². The van der Waals surface area contributed by atoms with Crippen LogP contribution in [-0.2, 0) is 5.54 Å². The van der Waals surface area contributed by atoms with Crippen molar-refractivity contribution >= 4 is 11.5 Å². The molecule has 0 saturated carbocycles. The third-order valence-electron chi connectivity index (χ3n) is 3.23. The van der Waals surface area contributed by atoms with Gasteiger partial charge in [-0.3, -0.25) is 0 Å². The first-order chi connectivity index (χ1) is 9.59. The molecule has 106 valence electrons. The largest absolute Gasteiger partial charge is 0.481 e. The number of benzene rings is 1. The fourth-order valence-corrected chi connectivity index (χ4v) is 1.94. The Morgan fingerprint density at radius 2 is 1.95 bits per heavy atom. The lowest BCUT2D eigenvalue weighted by molar-refractivity contribution is 0.223. The van der Waals surface area contributed by atoms with Gasteiger partial charge in [0.15, 0.2) is 5.82 Å². The summed E-state index contributed by atoms with van der Waals surface area (Å²) in [5, 5.41) is 13.0. The third-order valence-corrected chi connectivity index (χ3v) is 3.23. The molecule has 0 saturated heterocycles. The quantitative estimate of drug-likeness (QED) is 0.776. The van der Waals surface area contributed by atoms with Gasteiger partial charge in [0.2, 0.25) is 5.88 Å². The monoisotopic (exact) mass is 273 g/mol. The topological polar surface area (TPSA) is 80.4 Å². The Balaban J connectivity index is 2.35. The van der Waals surface area contributed by atoms with E-state index in [2.05, 4.69) is 10.3 Å². The van der Waals surface area contributed by atoms with Gasteiger partial charge < -0.3 is 20.9 Å². The maximum absolute atomic E-state index is 9.76. The van der Waals surface area contributed by atoms with Crippen LogP contribution in [0.5, 0.6) is 5.88 Å². The molecule has 2 rings (SSSR count). The van der Waals surface area contributed by atoms with E-state index in [1.54, 1.807) is 19.2 Å². The normalized spacial score (nSPS) is 13.6. The number of hydrogen-bond donors (Lipinski definition) is 3. The number of nitrogen functional groups attached to an aromatic ring is 1. The predicted octanol–water partition coefficient (Wildman–Crippen LogP) is 1.99. The number of ether oxygens (including phenoxy) is 1. The Kier molecular flexibility index (Phi) is 4.10. The molecule has 5 heteroatoms. The number of aromatic nitrogens is 1. The first kappa shape index (κ1) is 14.1. The van der Waals surface area contributed by atoms with Gasteiger partial charge in [0.25, 0.3) is 0 Å². The third kappa shape index (κ3) is 2.83. The number of anilines is 2. The maximum atomic E-state index is 9.76. The molecule has 1 aromatic carbocycles. The van der Waals surface area contributed by atoms with Gasteiger partial charge >= 0.3 is 0 Å². The standard InChI is InChI=1S/C15H19N3O2/c1-15(10-19,11-6-4-3-5-7-11)18-14-12(16)8-9-13(17-14)20-2/h3-9,19H,10,16H2,1-2H3,(H,17,18). The van der Waals surface area contributed by atoms with Crippen LogP contribution in [0.25, 0.3) is 0 Å². The summed E-state index contributed by atoms with van der Waals surface area (Å²) in [7, 11) is 1.55. The molecule has 5 nitrogen and oxygen atoms in total. The van der Waals surface area contributed by atoms with Crippen LogP contribution in [0, 0.1) is 0 Å². The number of aliphatic hydroxyl groups is 1. The van der Waals surface area contributed by atoms with Crippen molar-refractivity contribution in [2.75, 3.05) is 24.8 Å². The van der Waals surface area contributed by atoms with Crippen molar-refractivity contribution in [2.24, 2.45) is 0 Å². The minimum absolute atomic E-state index is 0.0880. The highest BCUT2D eigenvalue weighted by Crippen LogP contribution is 2.28. The summed E-state index contributed by atoms with van der Waals surface area (Å²) in [6, 6.07) is 13.1. The lowest BCUT2D eigenvalue weighted by atomic mass is 9.93. The lowest BCUT2D eigenvalue weighted by Gasteiger charge is -2.30. The van der Waals surface area contributed by atoms with Crippen LogP contribution in [0.2, 0.25) is 0 Å². The van der Waals surface area contributed by atoms with E-state index in [0.29, 0.717) is 17.4 Å². The van der Waals surface area contributed by atoms with Crippen LogP contribution >= 0.6 is 0 Å². The van der Waals surface area contributed by atoms with Crippen LogP contribution in [0.1, 0.15) is 12.5 Å². The molecule has 0 aliphatic heterocycles. The van der Waals surface area contributed by atoms with Gasteiger partial charge in [-0.1, -0.05) is 30.3 Å². The van der Waals surface area contributed by atoms with Gasteiger partial charge in [-0.05, 0) is 18.6 Å². The van der Waals surface area contributed by atoms with Crippen molar-refractivity contribution < 1.29 is 9.84 Å². The Labute approximate surface area is 118 Å². The average Bonchev–Trinajstić information content (AvgIpc) is 2.50. The fourth-order valence-electron chi connectivity index (χ4n) is 1.94. The Morgan fingerprint density at radius 3 is 2.55 bits per heavy atom. The molecule has 0 bridgehead atoms. The number of methoxy groups -OCH3 is 1. The Morgan fingerprint density at radius 1 is 1.25 bits per heavy atom. The van der Waals surface area contributed by atoms with E-state index >= 15 is 0 Å². The van der Waals surface area contributed by atoms with E-state index in [0.717, 1.165) is 5.56 Å². The molecular weight excluding hydrogens is 254 g/mol. The Hall–Kier alpha value is -2.27. The molecule has 0 aliphatic rings. The molecule has 4 N–H and O–H groups in total. The molecule has 0 amide bonds. The second-order valence-corrected chi connectivity index (χ2v) is 4.77. The van der Waals surface area contributed by atoms with E-state index in [1.165, 1.54) is 0 Å². The molecule has 0 spiro atoms. The molecule has 1 heterocycles. The first-order valence-corrected chi connectivity index (χ1v) is 6.34. The first-order valence-electron chi connectivity index (χ1n) is 6.34. The average molecular weight is 273 g/mol. The molecule has 0 radical (unpaired) electrons. The number of nitrogens with one attached hydrogen (secondary N) is 1. The lowest BCUT2D eigenvalue weighted by Crippen LogP contribution is -2.36. The van der Waals surface area contributed by atoms with Crippen LogP contribution in [0.15, 0.2) is 42.5 Å². The minimum Gasteiger partial charge on any atom is -0.481 e. The number of hydrogen-bond acceptors (Lipinski definition) is 5. The molecule has 1 unspecified atom stereocenters. The molecule has 0 aliphatic carbocycles. The minimum atomic E-state index is -0.672. The number of pyridine rings is 1. The second-order valence-electron chi connectivity index (χ2n) is 4.77. The van der Waals surface area contributed by atoms with E-state index in [-0.39, 0.29) is 6.61 Å². The van der Waals surface area contributed by atoms with E-state index in [9.17, 15) is 5.11 Å². The molecular formula is C15H19N3O2. The molecule has 20 heavy (non-hydrogen) atoms.